The van der Waals surface area contributed by atoms with Gasteiger partial charge in [0, 0.05) is 23.3 Å². The summed E-state index contributed by atoms with van der Waals surface area (Å²) in [6.45, 7) is 1.13. The van der Waals surface area contributed by atoms with E-state index in [4.69, 9.17) is 21.1 Å². The van der Waals surface area contributed by atoms with Gasteiger partial charge >= 0.3 is 6.03 Å². The first kappa shape index (κ1) is 19.3. The molecule has 2 N–H and O–H groups in total. The Morgan fingerprint density at radius 3 is 2.70 bits per heavy atom. The first-order valence-electron chi connectivity index (χ1n) is 9.21. The molecule has 0 aliphatic heterocycles. The summed E-state index contributed by atoms with van der Waals surface area (Å²) in [5, 5.41) is 6.25. The lowest BCUT2D eigenvalue weighted by atomic mass is 10.2. The molecule has 7 heteroatoms. The fraction of sp³-hybridized carbons (Fsp3) is 0.400. The van der Waals surface area contributed by atoms with Crippen molar-refractivity contribution in [1.82, 2.24) is 15.6 Å². The number of urea groups is 1. The van der Waals surface area contributed by atoms with Crippen LogP contribution >= 0.6 is 11.6 Å². The maximum Gasteiger partial charge on any atom is 0.315 e. The number of nitrogens with one attached hydrogen (secondary N) is 2. The summed E-state index contributed by atoms with van der Waals surface area (Å²) in [5.41, 5.74) is 0.872. The van der Waals surface area contributed by atoms with E-state index in [0.717, 1.165) is 18.4 Å². The molecular weight excluding hydrogens is 366 g/mol. The van der Waals surface area contributed by atoms with Gasteiger partial charge in [-0.2, -0.15) is 0 Å². The van der Waals surface area contributed by atoms with Crippen molar-refractivity contribution in [3.05, 3.63) is 53.2 Å². The summed E-state index contributed by atoms with van der Waals surface area (Å²) in [7, 11) is 0. The largest absolute Gasteiger partial charge is 0.492 e. The minimum Gasteiger partial charge on any atom is -0.492 e. The Bertz CT molecular complexity index is 734. The summed E-state index contributed by atoms with van der Waals surface area (Å²) >= 11 is 5.82. The number of ether oxygens (including phenoxy) is 2. The Labute approximate surface area is 164 Å². The normalized spacial score (nSPS) is 14.0. The third-order valence-electron chi connectivity index (χ3n) is 4.34. The van der Waals surface area contributed by atoms with Crippen LogP contribution in [0.3, 0.4) is 0 Å². The smallest absolute Gasteiger partial charge is 0.315 e. The second kappa shape index (κ2) is 10.0. The zero-order valence-electron chi connectivity index (χ0n) is 15.1. The molecule has 0 saturated heterocycles. The Kier molecular flexibility index (Phi) is 7.16. The van der Waals surface area contributed by atoms with Gasteiger partial charge < -0.3 is 20.1 Å². The molecule has 1 heterocycles. The molecule has 2 amide bonds. The number of benzene rings is 1. The number of carbonyl (C=O) groups is 1. The summed E-state index contributed by atoms with van der Waals surface area (Å²) in [6, 6.07) is 10.6. The lowest BCUT2D eigenvalue weighted by molar-refractivity contribution is 0.198. The van der Waals surface area contributed by atoms with Crippen molar-refractivity contribution in [2.75, 3.05) is 13.2 Å². The Morgan fingerprint density at radius 2 is 1.93 bits per heavy atom. The monoisotopic (exact) mass is 389 g/mol. The number of aromatic nitrogens is 1. The predicted molar refractivity (Wildman–Crippen MR) is 104 cm³/mol. The maximum absolute atomic E-state index is 12.0. The fourth-order valence-electron chi connectivity index (χ4n) is 2.93. The van der Waals surface area contributed by atoms with Crippen LogP contribution in [0.25, 0.3) is 0 Å². The van der Waals surface area contributed by atoms with Gasteiger partial charge in [-0.05, 0) is 56.0 Å². The van der Waals surface area contributed by atoms with E-state index in [2.05, 4.69) is 15.6 Å². The van der Waals surface area contributed by atoms with Gasteiger partial charge in [0.15, 0.2) is 0 Å². The molecule has 2 aromatic rings. The maximum atomic E-state index is 12.0. The van der Waals surface area contributed by atoms with Gasteiger partial charge in [-0.25, -0.2) is 9.78 Å². The third kappa shape index (κ3) is 6.32. The molecule has 1 aromatic heterocycles. The predicted octanol–water partition coefficient (Wildman–Crippen LogP) is 3.93. The van der Waals surface area contributed by atoms with Gasteiger partial charge in [0.1, 0.15) is 18.5 Å². The quantitative estimate of drug-likeness (QED) is 0.671. The average Bonchev–Trinajstić information content (AvgIpc) is 3.19. The molecule has 0 radical (unpaired) electrons. The molecule has 0 unspecified atom stereocenters. The average molecular weight is 390 g/mol. The van der Waals surface area contributed by atoms with E-state index in [1.165, 1.54) is 12.8 Å². The first-order chi connectivity index (χ1) is 13.2. The lowest BCUT2D eigenvalue weighted by Gasteiger charge is -2.15. The number of hydrogen-bond donors (Lipinski definition) is 2. The van der Waals surface area contributed by atoms with Gasteiger partial charge in [0.2, 0.25) is 5.88 Å². The van der Waals surface area contributed by atoms with E-state index >= 15 is 0 Å². The van der Waals surface area contributed by atoms with Crippen LogP contribution in [0.4, 0.5) is 4.79 Å². The number of rotatable bonds is 8. The topological polar surface area (TPSA) is 72.5 Å². The molecule has 144 valence electrons. The summed E-state index contributed by atoms with van der Waals surface area (Å²) in [6.07, 6.45) is 6.48. The molecule has 6 nitrogen and oxygen atoms in total. The van der Waals surface area contributed by atoms with Crippen molar-refractivity contribution in [2.24, 2.45) is 0 Å². The molecule has 0 atom stereocenters. The zero-order chi connectivity index (χ0) is 18.9. The van der Waals surface area contributed by atoms with Crippen LogP contribution in [-0.2, 0) is 6.54 Å². The van der Waals surface area contributed by atoms with Crippen LogP contribution in [-0.4, -0.2) is 30.3 Å². The molecule has 1 saturated carbocycles. The highest BCUT2D eigenvalue weighted by Gasteiger charge is 2.18. The van der Waals surface area contributed by atoms with Crippen molar-refractivity contribution in [3.63, 3.8) is 0 Å². The minimum absolute atomic E-state index is 0.234. The van der Waals surface area contributed by atoms with Gasteiger partial charge in [0.05, 0.1) is 6.54 Å². The highest BCUT2D eigenvalue weighted by Crippen LogP contribution is 2.24. The molecule has 3 rings (SSSR count). The molecular formula is C20H24ClN3O3. The molecule has 1 fully saturated rings. The second-order valence-electron chi connectivity index (χ2n) is 6.40. The van der Waals surface area contributed by atoms with Gasteiger partial charge in [-0.1, -0.05) is 17.7 Å². The summed E-state index contributed by atoms with van der Waals surface area (Å²) in [4.78, 5) is 16.3. The highest BCUT2D eigenvalue weighted by molar-refractivity contribution is 6.30. The van der Waals surface area contributed by atoms with Crippen LogP contribution in [0.2, 0.25) is 5.02 Å². The standard InChI is InChI=1S/C20H24ClN3O3/c21-16-7-9-17(10-8-16)26-13-12-23-20(25)24-14-15-4-3-11-22-19(15)27-18-5-1-2-6-18/h3-4,7-11,18H,1-2,5-6,12-14H2,(H2,23,24,25). The number of nitrogens with zero attached hydrogens (tertiary/aromatic N) is 1. The van der Waals surface area contributed by atoms with Crippen molar-refractivity contribution < 1.29 is 14.3 Å². The molecule has 1 aromatic carbocycles. The Hall–Kier alpha value is -2.47. The molecule has 1 aliphatic rings. The van der Waals surface area contributed by atoms with Gasteiger partial charge in [0.25, 0.3) is 0 Å². The van der Waals surface area contributed by atoms with Crippen molar-refractivity contribution in [1.29, 1.82) is 0 Å². The van der Waals surface area contributed by atoms with Crippen LogP contribution in [0.1, 0.15) is 31.2 Å². The first-order valence-corrected chi connectivity index (χ1v) is 9.59. The highest BCUT2D eigenvalue weighted by atomic mass is 35.5. The van der Waals surface area contributed by atoms with Crippen LogP contribution in [0.5, 0.6) is 11.6 Å². The van der Waals surface area contributed by atoms with E-state index in [-0.39, 0.29) is 12.1 Å². The van der Waals surface area contributed by atoms with Crippen molar-refractivity contribution in [2.45, 2.75) is 38.3 Å². The van der Waals surface area contributed by atoms with Crippen LogP contribution in [0, 0.1) is 0 Å². The van der Waals surface area contributed by atoms with Crippen molar-refractivity contribution in [3.8, 4) is 11.6 Å². The number of amides is 2. The van der Waals surface area contributed by atoms with Gasteiger partial charge in [-0.15, -0.1) is 0 Å². The van der Waals surface area contributed by atoms with Gasteiger partial charge in [-0.3, -0.25) is 0 Å². The SMILES string of the molecule is O=C(NCCOc1ccc(Cl)cc1)NCc1cccnc1OC1CCCC1. The molecule has 0 bridgehead atoms. The minimum atomic E-state index is -0.259. The zero-order valence-corrected chi connectivity index (χ0v) is 15.9. The van der Waals surface area contributed by atoms with E-state index in [1.54, 1.807) is 30.5 Å². The molecule has 0 spiro atoms. The van der Waals surface area contributed by atoms with E-state index in [9.17, 15) is 4.79 Å². The second-order valence-corrected chi connectivity index (χ2v) is 6.84. The van der Waals surface area contributed by atoms with Crippen LogP contribution in [0.15, 0.2) is 42.6 Å². The molecule has 1 aliphatic carbocycles. The Morgan fingerprint density at radius 1 is 1.15 bits per heavy atom. The number of carbonyl (C=O) groups excluding carboxylic acids is 1. The fourth-order valence-corrected chi connectivity index (χ4v) is 3.06. The lowest BCUT2D eigenvalue weighted by Crippen LogP contribution is -2.37. The summed E-state index contributed by atoms with van der Waals surface area (Å²) in [5.74, 6) is 1.32. The van der Waals surface area contributed by atoms with Crippen LogP contribution < -0.4 is 20.1 Å². The van der Waals surface area contributed by atoms with E-state index in [1.807, 2.05) is 12.1 Å². The summed E-state index contributed by atoms with van der Waals surface area (Å²) < 4.78 is 11.5. The number of pyridine rings is 1. The molecule has 27 heavy (non-hydrogen) atoms. The van der Waals surface area contributed by atoms with Crippen molar-refractivity contribution >= 4 is 17.6 Å². The van der Waals surface area contributed by atoms with E-state index < -0.39 is 0 Å². The Balaban J connectivity index is 1.38. The number of hydrogen-bond acceptors (Lipinski definition) is 4. The van der Waals surface area contributed by atoms with E-state index in [0.29, 0.717) is 36.3 Å². The number of halogens is 1. The third-order valence-corrected chi connectivity index (χ3v) is 4.59.